The predicted molar refractivity (Wildman–Crippen MR) is 99.1 cm³/mol. The van der Waals surface area contributed by atoms with Gasteiger partial charge in [-0.05, 0) is 46.5 Å². The van der Waals surface area contributed by atoms with Crippen LogP contribution in [0.15, 0.2) is 79.4 Å². The quantitative estimate of drug-likeness (QED) is 0.633. The normalized spacial score (nSPS) is 13.4. The van der Waals surface area contributed by atoms with E-state index in [-0.39, 0.29) is 0 Å². The van der Waals surface area contributed by atoms with Crippen LogP contribution in [0.1, 0.15) is 24.5 Å². The van der Waals surface area contributed by atoms with Crippen LogP contribution in [0, 0.1) is 0 Å². The van der Waals surface area contributed by atoms with E-state index in [0.29, 0.717) is 13.0 Å². The van der Waals surface area contributed by atoms with Crippen molar-refractivity contribution in [3.8, 4) is 5.75 Å². The van der Waals surface area contributed by atoms with Crippen LogP contribution in [0.3, 0.4) is 0 Å². The zero-order chi connectivity index (χ0) is 17.0. The third-order valence-corrected chi connectivity index (χ3v) is 4.43. The SMILES string of the molecule is C=CC(O)(CC)c1cccc(OCc2ccc3ccccc3c2)c1. The second kappa shape index (κ2) is 6.90. The summed E-state index contributed by atoms with van der Waals surface area (Å²) in [6.07, 6.45) is 2.15. The van der Waals surface area contributed by atoms with Crippen LogP contribution in [0.2, 0.25) is 0 Å². The highest BCUT2D eigenvalue weighted by atomic mass is 16.5. The lowest BCUT2D eigenvalue weighted by molar-refractivity contribution is 0.0852. The molecule has 1 atom stereocenters. The van der Waals surface area contributed by atoms with Crippen molar-refractivity contribution in [2.45, 2.75) is 25.6 Å². The number of hydrogen-bond acceptors (Lipinski definition) is 2. The first-order chi connectivity index (χ1) is 11.6. The summed E-state index contributed by atoms with van der Waals surface area (Å²) in [5.41, 5.74) is 0.909. The molecule has 3 rings (SSSR count). The maximum absolute atomic E-state index is 10.6. The largest absolute Gasteiger partial charge is 0.489 e. The molecule has 0 aliphatic heterocycles. The summed E-state index contributed by atoms with van der Waals surface area (Å²) in [5.74, 6) is 0.745. The molecule has 0 spiro atoms. The van der Waals surface area contributed by atoms with Crippen molar-refractivity contribution in [1.29, 1.82) is 0 Å². The molecule has 122 valence electrons. The van der Waals surface area contributed by atoms with Gasteiger partial charge in [-0.2, -0.15) is 0 Å². The van der Waals surface area contributed by atoms with Gasteiger partial charge in [0.05, 0.1) is 0 Å². The van der Waals surface area contributed by atoms with Crippen LogP contribution < -0.4 is 4.74 Å². The Hall–Kier alpha value is -2.58. The lowest BCUT2D eigenvalue weighted by atomic mass is 9.91. The Morgan fingerprint density at radius 1 is 1.00 bits per heavy atom. The molecule has 0 fully saturated rings. The topological polar surface area (TPSA) is 29.5 Å². The summed E-state index contributed by atoms with van der Waals surface area (Å²) in [4.78, 5) is 0. The highest BCUT2D eigenvalue weighted by molar-refractivity contribution is 5.82. The second-order valence-corrected chi connectivity index (χ2v) is 5.98. The molecule has 0 heterocycles. The van der Waals surface area contributed by atoms with Crippen LogP contribution in [-0.4, -0.2) is 5.11 Å². The second-order valence-electron chi connectivity index (χ2n) is 5.98. The summed E-state index contributed by atoms with van der Waals surface area (Å²) in [5, 5.41) is 13.0. The van der Waals surface area contributed by atoms with Crippen molar-refractivity contribution < 1.29 is 9.84 Å². The molecule has 1 unspecified atom stereocenters. The third kappa shape index (κ3) is 3.34. The summed E-state index contributed by atoms with van der Waals surface area (Å²) in [7, 11) is 0. The van der Waals surface area contributed by atoms with Gasteiger partial charge in [0.1, 0.15) is 18.0 Å². The molecular formula is C22H22O2. The van der Waals surface area contributed by atoms with Crippen molar-refractivity contribution in [3.05, 3.63) is 90.5 Å². The van der Waals surface area contributed by atoms with Gasteiger partial charge in [-0.3, -0.25) is 0 Å². The third-order valence-electron chi connectivity index (χ3n) is 4.43. The van der Waals surface area contributed by atoms with E-state index in [9.17, 15) is 5.11 Å². The van der Waals surface area contributed by atoms with Gasteiger partial charge in [0.25, 0.3) is 0 Å². The maximum atomic E-state index is 10.6. The van der Waals surface area contributed by atoms with Crippen LogP contribution >= 0.6 is 0 Å². The number of hydrogen-bond donors (Lipinski definition) is 1. The van der Waals surface area contributed by atoms with Crippen LogP contribution in [-0.2, 0) is 12.2 Å². The monoisotopic (exact) mass is 318 g/mol. The van der Waals surface area contributed by atoms with E-state index in [4.69, 9.17) is 4.74 Å². The molecule has 24 heavy (non-hydrogen) atoms. The number of rotatable bonds is 6. The van der Waals surface area contributed by atoms with Gasteiger partial charge in [-0.1, -0.05) is 68.1 Å². The smallest absolute Gasteiger partial charge is 0.120 e. The van der Waals surface area contributed by atoms with Crippen LogP contribution in [0.4, 0.5) is 0 Å². The van der Waals surface area contributed by atoms with E-state index < -0.39 is 5.60 Å². The lowest BCUT2D eigenvalue weighted by Crippen LogP contribution is -2.21. The van der Waals surface area contributed by atoms with Gasteiger partial charge < -0.3 is 9.84 Å². The first kappa shape index (κ1) is 16.3. The molecule has 3 aromatic carbocycles. The molecule has 0 saturated carbocycles. The van der Waals surface area contributed by atoms with Gasteiger partial charge >= 0.3 is 0 Å². The molecule has 2 nitrogen and oxygen atoms in total. The van der Waals surface area contributed by atoms with Gasteiger partial charge in [-0.25, -0.2) is 0 Å². The minimum Gasteiger partial charge on any atom is -0.489 e. The zero-order valence-corrected chi connectivity index (χ0v) is 13.9. The van der Waals surface area contributed by atoms with Gasteiger partial charge in [-0.15, -0.1) is 0 Å². The highest BCUT2D eigenvalue weighted by Crippen LogP contribution is 2.29. The Labute approximate surface area is 143 Å². The van der Waals surface area contributed by atoms with Crippen molar-refractivity contribution in [1.82, 2.24) is 0 Å². The Morgan fingerprint density at radius 2 is 1.79 bits per heavy atom. The number of aliphatic hydroxyl groups is 1. The molecule has 2 heteroatoms. The molecule has 0 aromatic heterocycles. The number of fused-ring (bicyclic) bond motifs is 1. The molecule has 3 aromatic rings. The first-order valence-electron chi connectivity index (χ1n) is 8.21. The zero-order valence-electron chi connectivity index (χ0n) is 13.9. The first-order valence-corrected chi connectivity index (χ1v) is 8.21. The average Bonchev–Trinajstić information content (AvgIpc) is 2.65. The predicted octanol–water partition coefficient (Wildman–Crippen LogP) is 5.20. The van der Waals surface area contributed by atoms with Gasteiger partial charge in [0, 0.05) is 0 Å². The molecule has 0 saturated heterocycles. The van der Waals surface area contributed by atoms with Gasteiger partial charge in [0.2, 0.25) is 0 Å². The van der Waals surface area contributed by atoms with Crippen molar-refractivity contribution in [3.63, 3.8) is 0 Å². The minimum atomic E-state index is -1.01. The molecule has 0 radical (unpaired) electrons. The summed E-state index contributed by atoms with van der Waals surface area (Å²) < 4.78 is 5.92. The fourth-order valence-electron chi connectivity index (χ4n) is 2.82. The summed E-state index contributed by atoms with van der Waals surface area (Å²) in [6.45, 7) is 6.17. The Balaban J connectivity index is 1.77. The Kier molecular flexibility index (Phi) is 4.68. The Bertz CT molecular complexity index is 853. The average molecular weight is 318 g/mol. The number of benzene rings is 3. The van der Waals surface area contributed by atoms with Crippen molar-refractivity contribution in [2.24, 2.45) is 0 Å². The van der Waals surface area contributed by atoms with E-state index in [0.717, 1.165) is 16.9 Å². The molecule has 0 aliphatic rings. The maximum Gasteiger partial charge on any atom is 0.120 e. The Morgan fingerprint density at radius 3 is 2.54 bits per heavy atom. The lowest BCUT2D eigenvalue weighted by Gasteiger charge is -2.23. The molecule has 1 N–H and O–H groups in total. The van der Waals surface area contributed by atoms with Crippen LogP contribution in [0.5, 0.6) is 5.75 Å². The molecular weight excluding hydrogens is 296 g/mol. The van der Waals surface area contributed by atoms with Crippen molar-refractivity contribution >= 4 is 10.8 Å². The molecule has 0 amide bonds. The van der Waals surface area contributed by atoms with Crippen LogP contribution in [0.25, 0.3) is 10.8 Å². The standard InChI is InChI=1S/C22H22O2/c1-3-22(23,4-2)20-10-7-11-21(15-20)24-16-17-12-13-18-8-5-6-9-19(18)14-17/h3,5-15,23H,1,4,16H2,2H3. The fraction of sp³-hybridized carbons (Fsp3) is 0.182. The molecule has 0 bridgehead atoms. The van der Waals surface area contributed by atoms with E-state index in [1.807, 2.05) is 43.3 Å². The minimum absolute atomic E-state index is 0.493. The van der Waals surface area contributed by atoms with Crippen molar-refractivity contribution in [2.75, 3.05) is 0 Å². The van der Waals surface area contributed by atoms with E-state index >= 15 is 0 Å². The fourth-order valence-corrected chi connectivity index (χ4v) is 2.82. The number of ether oxygens (including phenoxy) is 1. The van der Waals surface area contributed by atoms with E-state index in [1.54, 1.807) is 6.08 Å². The van der Waals surface area contributed by atoms with E-state index in [1.165, 1.54) is 10.8 Å². The van der Waals surface area contributed by atoms with E-state index in [2.05, 4.69) is 36.9 Å². The summed E-state index contributed by atoms with van der Waals surface area (Å²) in [6, 6.07) is 22.2. The molecule has 0 aliphatic carbocycles. The summed E-state index contributed by atoms with van der Waals surface area (Å²) >= 11 is 0. The van der Waals surface area contributed by atoms with Gasteiger partial charge in [0.15, 0.2) is 0 Å². The highest BCUT2D eigenvalue weighted by Gasteiger charge is 2.23.